The topological polar surface area (TPSA) is 93.9 Å². The smallest absolute Gasteiger partial charge is 0.231 e. The number of rotatable bonds is 8. The van der Waals surface area contributed by atoms with E-state index in [-0.39, 0.29) is 17.6 Å². The molecule has 7 nitrogen and oxygen atoms in total. The van der Waals surface area contributed by atoms with Gasteiger partial charge in [0.05, 0.1) is 17.6 Å². The molecule has 0 spiro atoms. The Labute approximate surface area is 204 Å². The second kappa shape index (κ2) is 9.84. The lowest BCUT2D eigenvalue weighted by Crippen LogP contribution is -2.15. The maximum absolute atomic E-state index is 14.3. The van der Waals surface area contributed by atoms with E-state index in [1.807, 2.05) is 29.0 Å². The zero-order valence-electron chi connectivity index (χ0n) is 19.8. The van der Waals surface area contributed by atoms with Gasteiger partial charge >= 0.3 is 0 Å². The highest BCUT2D eigenvalue weighted by atomic mass is 35.5. The minimum Gasteiger partial charge on any atom is -0.299 e. The highest BCUT2D eigenvalue weighted by molar-refractivity contribution is 7.92. The quantitative estimate of drug-likeness (QED) is 0.462. The first-order chi connectivity index (χ1) is 15.7. The number of nitrogens with one attached hydrogen (secondary N) is 1. The van der Waals surface area contributed by atoms with Gasteiger partial charge in [-0.3, -0.25) is 9.52 Å². The van der Waals surface area contributed by atoms with Gasteiger partial charge in [0.15, 0.2) is 11.6 Å². The van der Waals surface area contributed by atoms with Gasteiger partial charge in [0.1, 0.15) is 5.78 Å². The molecule has 1 aromatic carbocycles. The summed E-state index contributed by atoms with van der Waals surface area (Å²) in [5.74, 6) is -1.94. The Hall–Kier alpha value is -2.78. The summed E-state index contributed by atoms with van der Waals surface area (Å²) >= 11 is 6.17. The van der Waals surface area contributed by atoms with Crippen LogP contribution in [0, 0.1) is 5.82 Å². The summed E-state index contributed by atoms with van der Waals surface area (Å²) in [5.41, 5.74) is 2.76. The lowest BCUT2D eigenvalue weighted by molar-refractivity contribution is -0.120. The normalized spacial score (nSPS) is 13.0. The van der Waals surface area contributed by atoms with Gasteiger partial charge in [-0.25, -0.2) is 22.5 Å². The third-order valence-corrected chi connectivity index (χ3v) is 6.16. The average Bonchev–Trinajstić information content (AvgIpc) is 3.17. The van der Waals surface area contributed by atoms with Crippen LogP contribution in [0.25, 0.3) is 5.69 Å². The van der Waals surface area contributed by atoms with Gasteiger partial charge in [0, 0.05) is 34.7 Å². The summed E-state index contributed by atoms with van der Waals surface area (Å²) in [6.07, 6.45) is 2.87. The highest BCUT2D eigenvalue weighted by Gasteiger charge is 2.23. The molecule has 0 aliphatic carbocycles. The predicted molar refractivity (Wildman–Crippen MR) is 132 cm³/mol. The van der Waals surface area contributed by atoms with Crippen LogP contribution >= 0.6 is 11.6 Å². The number of hydrogen-bond donors (Lipinski definition) is 1. The van der Waals surface area contributed by atoms with Crippen LogP contribution < -0.4 is 4.72 Å². The largest absolute Gasteiger partial charge is 0.299 e. The van der Waals surface area contributed by atoms with Gasteiger partial charge in [-0.2, -0.15) is 5.10 Å². The monoisotopic (exact) mass is 506 g/mol. The van der Waals surface area contributed by atoms with Gasteiger partial charge in [0.2, 0.25) is 10.0 Å². The zero-order valence-corrected chi connectivity index (χ0v) is 21.3. The molecule has 3 aromatic rings. The molecule has 3 rings (SSSR count). The van der Waals surface area contributed by atoms with Crippen LogP contribution in [0.15, 0.2) is 42.6 Å². The van der Waals surface area contributed by atoms with E-state index in [0.29, 0.717) is 17.0 Å². The maximum Gasteiger partial charge on any atom is 0.231 e. The summed E-state index contributed by atoms with van der Waals surface area (Å²) in [6, 6.07) is 10.5. The number of anilines is 1. The van der Waals surface area contributed by atoms with Crippen molar-refractivity contribution >= 4 is 33.2 Å². The first-order valence-electron chi connectivity index (χ1n) is 10.8. The molecule has 0 bridgehead atoms. The van der Waals surface area contributed by atoms with E-state index in [1.54, 1.807) is 17.7 Å². The molecule has 182 valence electrons. The predicted octanol–water partition coefficient (Wildman–Crippen LogP) is 5.03. The van der Waals surface area contributed by atoms with E-state index >= 15 is 0 Å². The fraction of sp³-hybridized carbons (Fsp3) is 0.375. The summed E-state index contributed by atoms with van der Waals surface area (Å²) < 4.78 is 40.8. The molecule has 0 amide bonds. The van der Waals surface area contributed by atoms with Gasteiger partial charge in [-0.1, -0.05) is 45.4 Å². The summed E-state index contributed by atoms with van der Waals surface area (Å²) in [4.78, 5) is 16.8. The Morgan fingerprint density at radius 3 is 2.53 bits per heavy atom. The summed E-state index contributed by atoms with van der Waals surface area (Å²) in [5, 5.41) is 5.34. The van der Waals surface area contributed by atoms with Crippen LogP contribution in [-0.2, 0) is 26.7 Å². The fourth-order valence-electron chi connectivity index (χ4n) is 3.39. The van der Waals surface area contributed by atoms with Crippen LogP contribution in [0.5, 0.6) is 0 Å². The van der Waals surface area contributed by atoms with Gasteiger partial charge in [-0.15, -0.1) is 0 Å². The van der Waals surface area contributed by atoms with Gasteiger partial charge in [-0.05, 0) is 42.3 Å². The molecule has 0 saturated heterocycles. The van der Waals surface area contributed by atoms with Crippen LogP contribution in [0.2, 0.25) is 5.02 Å². The molecule has 1 N–H and O–H groups in total. The Balaban J connectivity index is 1.80. The number of ketones is 1. The molecule has 34 heavy (non-hydrogen) atoms. The molecule has 0 aliphatic rings. The van der Waals surface area contributed by atoms with Crippen LogP contribution in [-0.4, -0.2) is 35.2 Å². The first kappa shape index (κ1) is 25.8. The van der Waals surface area contributed by atoms with E-state index in [9.17, 15) is 17.6 Å². The molecule has 0 fully saturated rings. The second-order valence-electron chi connectivity index (χ2n) is 9.32. The zero-order chi connectivity index (χ0) is 25.3. The Morgan fingerprint density at radius 1 is 1.24 bits per heavy atom. The van der Waals surface area contributed by atoms with E-state index in [2.05, 4.69) is 25.8 Å². The average molecular weight is 507 g/mol. The summed E-state index contributed by atoms with van der Waals surface area (Å²) in [7, 11) is -3.66. The number of carbonyl (C=O) groups excluding carboxylic acids is 1. The van der Waals surface area contributed by atoms with Crippen molar-refractivity contribution in [1.29, 1.82) is 0 Å². The fourth-order valence-corrected chi connectivity index (χ4v) is 4.08. The molecule has 2 aromatic heterocycles. The minimum atomic E-state index is -3.66. The molecule has 2 heterocycles. The third kappa shape index (κ3) is 6.42. The minimum absolute atomic E-state index is 0.0961. The number of aromatic nitrogens is 3. The van der Waals surface area contributed by atoms with Crippen LogP contribution in [0.3, 0.4) is 0 Å². The van der Waals surface area contributed by atoms with Crippen molar-refractivity contribution in [2.75, 3.05) is 11.0 Å². The number of Topliss-reactive ketones (excluding diaryl/α,β-unsaturated/α-hetero) is 1. The van der Waals surface area contributed by atoms with E-state index < -0.39 is 27.6 Å². The van der Waals surface area contributed by atoms with Crippen LogP contribution in [0.1, 0.15) is 57.0 Å². The van der Waals surface area contributed by atoms with Crippen molar-refractivity contribution in [3.63, 3.8) is 0 Å². The Kier molecular flexibility index (Phi) is 7.47. The Morgan fingerprint density at radius 2 is 1.94 bits per heavy atom. The molecular weight excluding hydrogens is 479 g/mol. The van der Waals surface area contributed by atoms with Gasteiger partial charge < -0.3 is 0 Å². The lowest BCUT2D eigenvalue weighted by Gasteiger charge is -2.14. The van der Waals surface area contributed by atoms with E-state index in [4.69, 9.17) is 16.7 Å². The molecule has 0 radical (unpaired) electrons. The molecule has 0 saturated carbocycles. The number of halogens is 2. The second-order valence-corrected chi connectivity index (χ2v) is 11.5. The van der Waals surface area contributed by atoms with Crippen LogP contribution in [0.4, 0.5) is 10.2 Å². The number of sulfonamides is 1. The van der Waals surface area contributed by atoms with Crippen molar-refractivity contribution in [2.45, 2.75) is 51.9 Å². The Bertz CT molecular complexity index is 1320. The maximum atomic E-state index is 14.3. The van der Waals surface area contributed by atoms with E-state index in [1.165, 1.54) is 6.20 Å². The van der Waals surface area contributed by atoms with E-state index in [0.717, 1.165) is 29.4 Å². The van der Waals surface area contributed by atoms with Gasteiger partial charge in [0.25, 0.3) is 0 Å². The number of pyridine rings is 1. The number of benzene rings is 1. The summed E-state index contributed by atoms with van der Waals surface area (Å²) in [6.45, 7) is 7.88. The standard InChI is InChI=1S/C24H28ClFN4O3S/c1-15(16-11-20(26)23(27-14-16)29-34(5,32)33)21(31)10-9-19-13-22(24(2,3)4)28-30(19)18-8-6-7-17(25)12-18/h6-8,11-15H,9-10H2,1-5H3,(H,27,29). The molecule has 1 unspecified atom stereocenters. The molecule has 10 heteroatoms. The SMILES string of the molecule is CC(C(=O)CCc1cc(C(C)(C)C)nn1-c1cccc(Cl)c1)c1cnc(NS(C)(=O)=O)c(F)c1. The molecular formula is C24H28ClFN4O3S. The molecule has 0 aliphatic heterocycles. The van der Waals surface area contributed by atoms with Crippen molar-refractivity contribution in [2.24, 2.45) is 0 Å². The van der Waals surface area contributed by atoms with Crippen molar-refractivity contribution in [1.82, 2.24) is 14.8 Å². The highest BCUT2D eigenvalue weighted by Crippen LogP contribution is 2.27. The number of nitrogens with zero attached hydrogens (tertiary/aromatic N) is 3. The third-order valence-electron chi connectivity index (χ3n) is 5.36. The lowest BCUT2D eigenvalue weighted by atomic mass is 9.91. The van der Waals surface area contributed by atoms with Crippen molar-refractivity contribution < 1.29 is 17.6 Å². The first-order valence-corrected chi connectivity index (χ1v) is 13.0. The number of aryl methyl sites for hydroxylation is 1. The van der Waals surface area contributed by atoms with Crippen molar-refractivity contribution in [3.8, 4) is 5.69 Å². The van der Waals surface area contributed by atoms with Crippen molar-refractivity contribution in [3.05, 3.63) is 70.4 Å². The number of hydrogen-bond acceptors (Lipinski definition) is 5. The molecule has 1 atom stereocenters. The number of carbonyl (C=O) groups is 1.